The Bertz CT molecular complexity index is 1370. The van der Waals surface area contributed by atoms with E-state index in [1.807, 2.05) is 0 Å². The number of nitrogens with one attached hydrogen (secondary N) is 1. The van der Waals surface area contributed by atoms with Gasteiger partial charge in [-0.05, 0) is 42.0 Å². The van der Waals surface area contributed by atoms with Crippen LogP contribution in [0.5, 0.6) is 0 Å². The minimum absolute atomic E-state index is 0.00871. The zero-order valence-corrected chi connectivity index (χ0v) is 21.0. The van der Waals surface area contributed by atoms with Crippen molar-refractivity contribution in [2.75, 3.05) is 41.3 Å². The van der Waals surface area contributed by atoms with Crippen molar-refractivity contribution in [2.24, 2.45) is 0 Å². The third-order valence-corrected chi connectivity index (χ3v) is 6.58. The maximum absolute atomic E-state index is 14.2. The number of rotatable bonds is 5. The van der Waals surface area contributed by atoms with Crippen LogP contribution in [-0.4, -0.2) is 32.1 Å². The van der Waals surface area contributed by atoms with Crippen LogP contribution in [0.3, 0.4) is 0 Å². The number of halogens is 8. The van der Waals surface area contributed by atoms with Gasteiger partial charge in [-0.1, -0.05) is 40.9 Å². The number of nitrogens with zero attached hydrogens (tertiary/aromatic N) is 2. The van der Waals surface area contributed by atoms with Crippen LogP contribution in [0, 0.1) is 29.1 Å². The first-order chi connectivity index (χ1) is 17.6. The van der Waals surface area contributed by atoms with Crippen LogP contribution < -0.4 is 15.1 Å². The molecule has 0 saturated carbocycles. The normalized spacial score (nSPS) is 13.9. The van der Waals surface area contributed by atoms with Crippen LogP contribution in [0.1, 0.15) is 5.56 Å². The van der Waals surface area contributed by atoms with Gasteiger partial charge in [0, 0.05) is 48.0 Å². The van der Waals surface area contributed by atoms with Crippen molar-refractivity contribution in [1.82, 2.24) is 0 Å². The first kappa shape index (κ1) is 27.0. The lowest BCUT2D eigenvalue weighted by atomic mass is 10.2. The fourth-order valence-corrected chi connectivity index (χ4v) is 4.64. The van der Waals surface area contributed by atoms with E-state index >= 15 is 0 Å². The number of anilines is 3. The molecule has 4 nitrogen and oxygen atoms in total. The van der Waals surface area contributed by atoms with Crippen LogP contribution >= 0.6 is 34.8 Å². The Morgan fingerprint density at radius 2 is 1.35 bits per heavy atom. The molecular weight excluding hydrogens is 560 g/mol. The van der Waals surface area contributed by atoms with Crippen LogP contribution in [0.25, 0.3) is 6.08 Å². The molecule has 0 aromatic heterocycles. The second-order valence-corrected chi connectivity index (χ2v) is 9.30. The number of hydrogen-bond acceptors (Lipinski definition) is 3. The lowest BCUT2D eigenvalue weighted by Gasteiger charge is -2.38. The molecule has 4 rings (SSSR count). The Kier molecular flexibility index (Phi) is 8.16. The molecule has 3 aromatic rings. The van der Waals surface area contributed by atoms with E-state index in [4.69, 9.17) is 34.8 Å². The number of carbonyl (C=O) groups is 1. The highest BCUT2D eigenvalue weighted by atomic mass is 35.5. The molecule has 194 valence electrons. The summed E-state index contributed by atoms with van der Waals surface area (Å²) in [7, 11) is 0. The zero-order chi connectivity index (χ0) is 26.9. The van der Waals surface area contributed by atoms with Crippen LogP contribution in [0.4, 0.5) is 39.0 Å². The molecule has 3 aromatic carbocycles. The fraction of sp³-hybridized carbons (Fsp3) is 0.160. The topological polar surface area (TPSA) is 35.6 Å². The summed E-state index contributed by atoms with van der Waals surface area (Å²) in [5.41, 5.74) is 0.665. The highest BCUT2D eigenvalue weighted by Gasteiger charge is 2.31. The van der Waals surface area contributed by atoms with Gasteiger partial charge < -0.3 is 15.1 Å². The summed E-state index contributed by atoms with van der Waals surface area (Å²) in [6, 6.07) is 9.69. The van der Waals surface area contributed by atoms with Gasteiger partial charge in [0.05, 0.1) is 10.7 Å². The Balaban J connectivity index is 1.41. The Morgan fingerprint density at radius 1 is 0.757 bits per heavy atom. The van der Waals surface area contributed by atoms with Crippen molar-refractivity contribution in [3.63, 3.8) is 0 Å². The van der Waals surface area contributed by atoms with E-state index in [1.165, 1.54) is 18.2 Å². The summed E-state index contributed by atoms with van der Waals surface area (Å²) in [4.78, 5) is 15.2. The van der Waals surface area contributed by atoms with Crippen molar-refractivity contribution in [2.45, 2.75) is 0 Å². The van der Waals surface area contributed by atoms with Crippen LogP contribution in [0.2, 0.25) is 15.1 Å². The number of hydrogen-bond donors (Lipinski definition) is 1. The summed E-state index contributed by atoms with van der Waals surface area (Å²) in [5, 5.41) is 3.84. The smallest absolute Gasteiger partial charge is 0.248 e. The Labute approximate surface area is 223 Å². The maximum Gasteiger partial charge on any atom is 0.248 e. The van der Waals surface area contributed by atoms with Gasteiger partial charge in [-0.3, -0.25) is 4.79 Å². The largest absolute Gasteiger partial charge is 0.367 e. The molecular formula is C25H17Cl3F5N3O. The average molecular weight is 577 g/mol. The summed E-state index contributed by atoms with van der Waals surface area (Å²) < 4.78 is 68.8. The number of piperazine rings is 1. The molecule has 0 radical (unpaired) electrons. The van der Waals surface area contributed by atoms with E-state index in [-0.39, 0.29) is 26.2 Å². The van der Waals surface area contributed by atoms with Gasteiger partial charge in [0.2, 0.25) is 11.7 Å². The predicted molar refractivity (Wildman–Crippen MR) is 136 cm³/mol. The number of carbonyl (C=O) groups excluding carboxylic acids is 1. The second-order valence-electron chi connectivity index (χ2n) is 8.05. The molecule has 0 atom stereocenters. The highest BCUT2D eigenvalue weighted by molar-refractivity contribution is 6.35. The lowest BCUT2D eigenvalue weighted by Crippen LogP contribution is -2.47. The minimum atomic E-state index is -2.19. The summed E-state index contributed by atoms with van der Waals surface area (Å²) >= 11 is 18.3. The maximum atomic E-state index is 14.2. The van der Waals surface area contributed by atoms with E-state index in [2.05, 4.69) is 5.32 Å². The molecule has 37 heavy (non-hydrogen) atoms. The van der Waals surface area contributed by atoms with Gasteiger partial charge in [0.15, 0.2) is 23.3 Å². The molecule has 1 N–H and O–H groups in total. The van der Waals surface area contributed by atoms with Crippen molar-refractivity contribution in [3.8, 4) is 0 Å². The first-order valence-electron chi connectivity index (χ1n) is 10.8. The Hall–Kier alpha value is -3.01. The zero-order valence-electron chi connectivity index (χ0n) is 18.8. The summed E-state index contributed by atoms with van der Waals surface area (Å²) in [5.74, 6) is -10.3. The van der Waals surface area contributed by atoms with Crippen molar-refractivity contribution < 1.29 is 26.7 Å². The minimum Gasteiger partial charge on any atom is -0.367 e. The first-order valence-corrected chi connectivity index (χ1v) is 11.9. The molecule has 1 saturated heterocycles. The Morgan fingerprint density at radius 3 is 1.95 bits per heavy atom. The monoisotopic (exact) mass is 575 g/mol. The molecule has 0 spiro atoms. The highest BCUT2D eigenvalue weighted by Crippen LogP contribution is 2.33. The van der Waals surface area contributed by atoms with Crippen molar-refractivity contribution in [1.29, 1.82) is 0 Å². The standard InChI is InChI=1S/C25H17Cl3F5N3O/c26-14-3-1-13(16(27)11-14)2-6-19(37)34-15-4-5-18(17(28)12-15)35-7-9-36(10-8-35)25-23(32)21(30)20(29)22(31)24(25)33/h1-6,11-12H,7-10H2,(H,34,37). The molecule has 1 aliphatic rings. The second kappa shape index (κ2) is 11.2. The molecule has 0 aliphatic carbocycles. The van der Waals surface area contributed by atoms with Crippen LogP contribution in [0.15, 0.2) is 42.5 Å². The molecule has 1 heterocycles. The summed E-state index contributed by atoms with van der Waals surface area (Å²) in [6.45, 7) is 0.390. The predicted octanol–water partition coefficient (Wildman–Crippen LogP) is 7.32. The van der Waals surface area contributed by atoms with Gasteiger partial charge in [-0.25, -0.2) is 22.0 Å². The van der Waals surface area contributed by atoms with E-state index in [9.17, 15) is 26.7 Å². The molecule has 12 heteroatoms. The van der Waals surface area contributed by atoms with Crippen LogP contribution in [-0.2, 0) is 4.79 Å². The fourth-order valence-electron chi connectivity index (χ4n) is 3.87. The third kappa shape index (κ3) is 5.79. The van der Waals surface area contributed by atoms with Crippen molar-refractivity contribution >= 4 is 63.8 Å². The molecule has 1 aliphatic heterocycles. The molecule has 0 bridgehead atoms. The third-order valence-electron chi connectivity index (χ3n) is 5.72. The number of amides is 1. The summed E-state index contributed by atoms with van der Waals surface area (Å²) in [6.07, 6.45) is 2.84. The average Bonchev–Trinajstić information content (AvgIpc) is 2.86. The van der Waals surface area contributed by atoms with Gasteiger partial charge in [0.25, 0.3) is 0 Å². The number of benzene rings is 3. The van der Waals surface area contributed by atoms with E-state index in [0.717, 1.165) is 4.90 Å². The lowest BCUT2D eigenvalue weighted by molar-refractivity contribution is -0.111. The molecule has 1 amide bonds. The van der Waals surface area contributed by atoms with Gasteiger partial charge in [-0.2, -0.15) is 0 Å². The molecule has 0 unspecified atom stereocenters. The quantitative estimate of drug-likeness (QED) is 0.150. The van der Waals surface area contributed by atoms with E-state index in [1.54, 1.807) is 35.2 Å². The van der Waals surface area contributed by atoms with Gasteiger partial charge in [-0.15, -0.1) is 0 Å². The van der Waals surface area contributed by atoms with E-state index < -0.39 is 40.7 Å². The molecule has 1 fully saturated rings. The SMILES string of the molecule is O=C(C=Cc1ccc(Cl)cc1Cl)Nc1ccc(N2CCN(c3c(F)c(F)c(F)c(F)c3F)CC2)c(Cl)c1. The van der Waals surface area contributed by atoms with E-state index in [0.29, 0.717) is 32.0 Å². The van der Waals surface area contributed by atoms with Gasteiger partial charge >= 0.3 is 0 Å². The van der Waals surface area contributed by atoms with Gasteiger partial charge in [0.1, 0.15) is 5.69 Å². The van der Waals surface area contributed by atoms with Crippen molar-refractivity contribution in [3.05, 3.63) is 92.2 Å².